The standard InChI is InChI=1S/C27H29FN2O4S/c1-4-30(27(2,3)19-29-35(33,34)18-20-10-6-5-7-11-20)26(32)24-13-9-8-12-23(24)25(31)21-14-16-22(28)17-15-21/h5-17,29H,4,18-19H2,1-3H3. The zero-order valence-electron chi connectivity index (χ0n) is 20.0. The molecule has 0 aromatic heterocycles. The van der Waals surface area contributed by atoms with Gasteiger partial charge in [0.2, 0.25) is 10.0 Å². The fourth-order valence-electron chi connectivity index (χ4n) is 3.84. The SMILES string of the molecule is CCN(C(=O)c1ccccc1C(=O)c1ccc(F)cc1)C(C)(C)CNS(=O)(=O)Cc1ccccc1. The maximum Gasteiger partial charge on any atom is 0.255 e. The highest BCUT2D eigenvalue weighted by molar-refractivity contribution is 7.88. The van der Waals surface area contributed by atoms with Crippen LogP contribution in [-0.2, 0) is 15.8 Å². The minimum Gasteiger partial charge on any atom is -0.332 e. The monoisotopic (exact) mass is 496 g/mol. The summed E-state index contributed by atoms with van der Waals surface area (Å²) >= 11 is 0. The van der Waals surface area contributed by atoms with Crippen LogP contribution < -0.4 is 4.72 Å². The first-order valence-electron chi connectivity index (χ1n) is 11.3. The summed E-state index contributed by atoms with van der Waals surface area (Å²) in [6, 6.07) is 20.4. The van der Waals surface area contributed by atoms with E-state index in [4.69, 9.17) is 0 Å². The molecule has 184 valence electrons. The lowest BCUT2D eigenvalue weighted by Crippen LogP contribution is -2.54. The average Bonchev–Trinajstić information content (AvgIpc) is 2.83. The molecule has 6 nitrogen and oxygen atoms in total. The number of nitrogens with one attached hydrogen (secondary N) is 1. The maximum atomic E-state index is 13.6. The normalized spacial score (nSPS) is 11.8. The summed E-state index contributed by atoms with van der Waals surface area (Å²) in [5, 5.41) is 0. The first-order valence-corrected chi connectivity index (χ1v) is 12.9. The number of ketones is 1. The Hall–Kier alpha value is -3.36. The van der Waals surface area contributed by atoms with E-state index < -0.39 is 33.1 Å². The van der Waals surface area contributed by atoms with Crippen molar-refractivity contribution < 1.29 is 22.4 Å². The summed E-state index contributed by atoms with van der Waals surface area (Å²) in [6.07, 6.45) is 0. The highest BCUT2D eigenvalue weighted by Gasteiger charge is 2.33. The number of halogens is 1. The lowest BCUT2D eigenvalue weighted by Gasteiger charge is -2.38. The van der Waals surface area contributed by atoms with E-state index in [0.717, 1.165) is 0 Å². The van der Waals surface area contributed by atoms with E-state index in [-0.39, 0.29) is 29.0 Å². The minimum atomic E-state index is -3.63. The lowest BCUT2D eigenvalue weighted by atomic mass is 9.95. The summed E-state index contributed by atoms with van der Waals surface area (Å²) in [4.78, 5) is 28.2. The second-order valence-corrected chi connectivity index (χ2v) is 10.6. The third kappa shape index (κ3) is 6.61. The summed E-state index contributed by atoms with van der Waals surface area (Å²) < 4.78 is 41.2. The van der Waals surface area contributed by atoms with Crippen molar-refractivity contribution in [3.63, 3.8) is 0 Å². The van der Waals surface area contributed by atoms with E-state index >= 15 is 0 Å². The van der Waals surface area contributed by atoms with E-state index in [9.17, 15) is 22.4 Å². The van der Waals surface area contributed by atoms with Crippen molar-refractivity contribution >= 4 is 21.7 Å². The van der Waals surface area contributed by atoms with Crippen LogP contribution in [0.25, 0.3) is 0 Å². The van der Waals surface area contributed by atoms with Gasteiger partial charge >= 0.3 is 0 Å². The largest absolute Gasteiger partial charge is 0.332 e. The van der Waals surface area contributed by atoms with Gasteiger partial charge in [-0.1, -0.05) is 48.5 Å². The van der Waals surface area contributed by atoms with Crippen LogP contribution in [0.15, 0.2) is 78.9 Å². The summed E-state index contributed by atoms with van der Waals surface area (Å²) in [6.45, 7) is 5.62. The maximum absolute atomic E-state index is 13.6. The lowest BCUT2D eigenvalue weighted by molar-refractivity contribution is 0.0571. The first-order chi connectivity index (χ1) is 16.5. The Labute approximate surface area is 205 Å². The Morgan fingerprint density at radius 2 is 1.46 bits per heavy atom. The van der Waals surface area contributed by atoms with Gasteiger partial charge in [0, 0.05) is 24.2 Å². The van der Waals surface area contributed by atoms with Crippen LogP contribution in [0.3, 0.4) is 0 Å². The van der Waals surface area contributed by atoms with E-state index in [2.05, 4.69) is 4.72 Å². The molecule has 0 aliphatic heterocycles. The fraction of sp³-hybridized carbons (Fsp3) is 0.259. The molecule has 0 aliphatic rings. The van der Waals surface area contributed by atoms with Crippen molar-refractivity contribution in [2.24, 2.45) is 0 Å². The topological polar surface area (TPSA) is 83.6 Å². The molecule has 0 heterocycles. The van der Waals surface area contributed by atoms with Gasteiger partial charge in [-0.25, -0.2) is 17.5 Å². The van der Waals surface area contributed by atoms with Crippen molar-refractivity contribution in [3.8, 4) is 0 Å². The summed E-state index contributed by atoms with van der Waals surface area (Å²) in [5.74, 6) is -1.42. The molecule has 8 heteroatoms. The second-order valence-electron chi connectivity index (χ2n) is 8.81. The Kier molecular flexibility index (Phi) is 8.19. The van der Waals surface area contributed by atoms with Crippen LogP contribution in [-0.4, -0.2) is 43.6 Å². The van der Waals surface area contributed by atoms with Gasteiger partial charge in [-0.2, -0.15) is 0 Å². The zero-order chi connectivity index (χ0) is 25.6. The number of sulfonamides is 1. The van der Waals surface area contributed by atoms with Gasteiger partial charge in [-0.3, -0.25) is 9.59 Å². The molecule has 35 heavy (non-hydrogen) atoms. The van der Waals surface area contributed by atoms with Crippen LogP contribution in [0.1, 0.15) is 52.6 Å². The smallest absolute Gasteiger partial charge is 0.255 e. The number of amides is 1. The quantitative estimate of drug-likeness (QED) is 0.421. The van der Waals surface area contributed by atoms with Crippen molar-refractivity contribution in [3.05, 3.63) is 107 Å². The van der Waals surface area contributed by atoms with Gasteiger partial charge in [0.25, 0.3) is 5.91 Å². The van der Waals surface area contributed by atoms with Crippen molar-refractivity contribution in [1.29, 1.82) is 0 Å². The summed E-state index contributed by atoms with van der Waals surface area (Å²) in [5.41, 5.74) is 0.436. The van der Waals surface area contributed by atoms with E-state index in [1.807, 2.05) is 6.07 Å². The number of carbonyl (C=O) groups excluding carboxylic acids is 2. The third-order valence-corrected chi connectivity index (χ3v) is 7.02. The van der Waals surface area contributed by atoms with Crippen LogP contribution in [0.5, 0.6) is 0 Å². The molecule has 0 atom stereocenters. The number of carbonyl (C=O) groups is 2. The van der Waals surface area contributed by atoms with E-state index in [1.165, 1.54) is 29.2 Å². The van der Waals surface area contributed by atoms with Gasteiger partial charge in [0.05, 0.1) is 16.9 Å². The predicted octanol–water partition coefficient (Wildman–Crippen LogP) is 4.42. The number of benzene rings is 3. The second kappa shape index (κ2) is 10.9. The van der Waals surface area contributed by atoms with Crippen LogP contribution in [0.4, 0.5) is 4.39 Å². The highest BCUT2D eigenvalue weighted by atomic mass is 32.2. The molecule has 3 rings (SSSR count). The van der Waals surface area contributed by atoms with Crippen molar-refractivity contribution in [2.75, 3.05) is 13.1 Å². The number of hydrogen-bond donors (Lipinski definition) is 1. The van der Waals surface area contributed by atoms with Crippen LogP contribution >= 0.6 is 0 Å². The summed E-state index contributed by atoms with van der Waals surface area (Å²) in [7, 11) is -3.63. The van der Waals surface area contributed by atoms with Crippen LogP contribution in [0, 0.1) is 5.82 Å². The van der Waals surface area contributed by atoms with Gasteiger partial charge in [-0.15, -0.1) is 0 Å². The molecule has 1 N–H and O–H groups in total. The molecule has 0 bridgehead atoms. The average molecular weight is 497 g/mol. The Bertz CT molecular complexity index is 1290. The number of nitrogens with zero attached hydrogens (tertiary/aromatic N) is 1. The van der Waals surface area contributed by atoms with Crippen LogP contribution in [0.2, 0.25) is 0 Å². The first kappa shape index (κ1) is 26.2. The molecule has 0 unspecified atom stereocenters. The van der Waals surface area contributed by atoms with Crippen molar-refractivity contribution in [1.82, 2.24) is 9.62 Å². The molecule has 0 radical (unpaired) electrons. The number of rotatable bonds is 10. The van der Waals surface area contributed by atoms with Gasteiger partial charge in [0.1, 0.15) is 5.82 Å². The van der Waals surface area contributed by atoms with Gasteiger partial charge in [0.15, 0.2) is 5.78 Å². The Balaban J connectivity index is 1.81. The zero-order valence-corrected chi connectivity index (χ0v) is 20.8. The van der Waals surface area contributed by atoms with Crippen molar-refractivity contribution in [2.45, 2.75) is 32.1 Å². The number of hydrogen-bond acceptors (Lipinski definition) is 4. The molecule has 3 aromatic rings. The van der Waals surface area contributed by atoms with Gasteiger partial charge < -0.3 is 4.90 Å². The molecule has 0 spiro atoms. The van der Waals surface area contributed by atoms with E-state index in [1.54, 1.807) is 69.3 Å². The molecular formula is C27H29FN2O4S. The Morgan fingerprint density at radius 1 is 0.886 bits per heavy atom. The minimum absolute atomic E-state index is 0.00414. The van der Waals surface area contributed by atoms with E-state index in [0.29, 0.717) is 12.1 Å². The molecule has 0 aliphatic carbocycles. The molecule has 0 fully saturated rings. The molecule has 0 saturated heterocycles. The predicted molar refractivity (Wildman–Crippen MR) is 134 cm³/mol. The number of likely N-dealkylation sites (N-methyl/N-ethyl adjacent to an activating group) is 1. The molecule has 3 aromatic carbocycles. The highest BCUT2D eigenvalue weighted by Crippen LogP contribution is 2.22. The van der Waals surface area contributed by atoms with Gasteiger partial charge in [-0.05, 0) is 56.7 Å². The fourth-order valence-corrected chi connectivity index (χ4v) is 5.15. The molecule has 0 saturated carbocycles. The molecular weight excluding hydrogens is 467 g/mol. The third-order valence-electron chi connectivity index (χ3n) is 5.72. The molecule has 1 amide bonds. The Morgan fingerprint density at radius 3 is 2.06 bits per heavy atom.